The third kappa shape index (κ3) is 2.24. The van der Waals surface area contributed by atoms with Gasteiger partial charge in [-0.25, -0.2) is 18.6 Å². The molecule has 1 aromatic rings. The predicted molar refractivity (Wildman–Crippen MR) is 44.0 cm³/mol. The summed E-state index contributed by atoms with van der Waals surface area (Å²) in [7, 11) is 0. The Hall–Kier alpha value is -1.63. The first-order valence-electron chi connectivity index (χ1n) is 3.88. The fourth-order valence-corrected chi connectivity index (χ4v) is 1.14. The number of carboxylic acids is 1. The van der Waals surface area contributed by atoms with Crippen LogP contribution >= 0.6 is 0 Å². The molecule has 0 aliphatic rings. The van der Waals surface area contributed by atoms with E-state index < -0.39 is 36.1 Å². The van der Waals surface area contributed by atoms with Crippen LogP contribution in [0.5, 0.6) is 0 Å². The number of rotatable bonds is 3. The van der Waals surface area contributed by atoms with Gasteiger partial charge in [-0.3, -0.25) is 0 Å². The third-order valence-electron chi connectivity index (χ3n) is 1.77. The van der Waals surface area contributed by atoms with Gasteiger partial charge in [0.2, 0.25) is 5.95 Å². The second-order valence-corrected chi connectivity index (χ2v) is 2.67. The van der Waals surface area contributed by atoms with Crippen LogP contribution in [-0.2, 0) is 6.54 Å². The Bertz CT molecular complexity index is 396. The van der Waals surface area contributed by atoms with Crippen molar-refractivity contribution < 1.29 is 23.1 Å². The van der Waals surface area contributed by atoms with Crippen molar-refractivity contribution in [2.75, 3.05) is 0 Å². The first-order chi connectivity index (χ1) is 6.97. The highest BCUT2D eigenvalue weighted by atomic mass is 19.3. The second kappa shape index (κ2) is 4.26. The number of carbonyl (C=O) groups is 1. The molecule has 0 aliphatic carbocycles. The quantitative estimate of drug-likeness (QED) is 0.753. The minimum absolute atomic E-state index is 0.348. The van der Waals surface area contributed by atoms with Gasteiger partial charge < -0.3 is 10.8 Å². The van der Waals surface area contributed by atoms with E-state index in [4.69, 9.17) is 10.8 Å². The van der Waals surface area contributed by atoms with Crippen molar-refractivity contribution in [3.05, 3.63) is 28.8 Å². The molecule has 1 rings (SSSR count). The lowest BCUT2D eigenvalue weighted by molar-refractivity contribution is 0.0693. The normalized spacial score (nSPS) is 10.7. The zero-order valence-corrected chi connectivity index (χ0v) is 7.38. The molecule has 1 aromatic heterocycles. The Morgan fingerprint density at radius 2 is 2.20 bits per heavy atom. The molecule has 0 fully saturated rings. The largest absolute Gasteiger partial charge is 0.478 e. The molecule has 0 atom stereocenters. The fourth-order valence-electron chi connectivity index (χ4n) is 1.14. The zero-order valence-electron chi connectivity index (χ0n) is 7.38. The zero-order chi connectivity index (χ0) is 11.6. The fraction of sp³-hybridized carbons (Fsp3) is 0.250. The predicted octanol–water partition coefficient (Wildman–Crippen LogP) is 1.32. The summed E-state index contributed by atoms with van der Waals surface area (Å²) in [4.78, 5) is 13.5. The minimum Gasteiger partial charge on any atom is -0.478 e. The van der Waals surface area contributed by atoms with Crippen molar-refractivity contribution in [3.63, 3.8) is 0 Å². The SMILES string of the molecule is NCc1c(C(=O)O)cc(F)nc1C(F)F. The van der Waals surface area contributed by atoms with E-state index in [0.717, 1.165) is 0 Å². The molecule has 0 radical (unpaired) electrons. The van der Waals surface area contributed by atoms with Crippen LogP contribution in [0.25, 0.3) is 0 Å². The number of halogens is 3. The Morgan fingerprint density at radius 1 is 1.60 bits per heavy atom. The molecule has 0 saturated heterocycles. The van der Waals surface area contributed by atoms with Crippen LogP contribution in [0.4, 0.5) is 13.2 Å². The van der Waals surface area contributed by atoms with Crippen molar-refractivity contribution in [1.82, 2.24) is 4.98 Å². The second-order valence-electron chi connectivity index (χ2n) is 2.67. The van der Waals surface area contributed by atoms with Crippen LogP contribution in [0.15, 0.2) is 6.07 Å². The molecule has 0 unspecified atom stereocenters. The lowest BCUT2D eigenvalue weighted by Crippen LogP contribution is -2.13. The Kier molecular flexibility index (Phi) is 3.25. The standard InChI is InChI=1S/C8H7F3N2O2/c9-5-1-3(8(14)15)4(2-12)6(13-5)7(10)11/h1,7H,2,12H2,(H,14,15). The van der Waals surface area contributed by atoms with Gasteiger partial charge in [0, 0.05) is 18.2 Å². The van der Waals surface area contributed by atoms with E-state index in [9.17, 15) is 18.0 Å². The van der Waals surface area contributed by atoms with E-state index >= 15 is 0 Å². The number of alkyl halides is 2. The van der Waals surface area contributed by atoms with Crippen molar-refractivity contribution in [2.45, 2.75) is 13.0 Å². The summed E-state index contributed by atoms with van der Waals surface area (Å²) in [6, 6.07) is 0.566. The van der Waals surface area contributed by atoms with Gasteiger partial charge in [-0.2, -0.15) is 4.39 Å². The van der Waals surface area contributed by atoms with Gasteiger partial charge >= 0.3 is 5.97 Å². The van der Waals surface area contributed by atoms with Gasteiger partial charge in [0.1, 0.15) is 5.69 Å². The van der Waals surface area contributed by atoms with E-state index in [0.29, 0.717) is 6.07 Å². The average Bonchev–Trinajstić information content (AvgIpc) is 2.16. The van der Waals surface area contributed by atoms with Gasteiger partial charge in [0.05, 0.1) is 5.56 Å². The van der Waals surface area contributed by atoms with Crippen LogP contribution in [-0.4, -0.2) is 16.1 Å². The molecule has 82 valence electrons. The summed E-state index contributed by atoms with van der Waals surface area (Å²) < 4.78 is 37.4. The summed E-state index contributed by atoms with van der Waals surface area (Å²) >= 11 is 0. The van der Waals surface area contributed by atoms with E-state index in [1.54, 1.807) is 0 Å². The number of hydrogen-bond acceptors (Lipinski definition) is 3. The van der Waals surface area contributed by atoms with Gasteiger partial charge in [0.15, 0.2) is 0 Å². The van der Waals surface area contributed by atoms with E-state index in [1.165, 1.54) is 0 Å². The van der Waals surface area contributed by atoms with Crippen LogP contribution in [0.2, 0.25) is 0 Å². The lowest BCUT2D eigenvalue weighted by Gasteiger charge is -2.09. The number of aromatic nitrogens is 1. The van der Waals surface area contributed by atoms with Gasteiger partial charge in [-0.15, -0.1) is 0 Å². The average molecular weight is 220 g/mol. The van der Waals surface area contributed by atoms with E-state index in [1.807, 2.05) is 0 Å². The number of pyridine rings is 1. The molecule has 15 heavy (non-hydrogen) atoms. The van der Waals surface area contributed by atoms with E-state index in [2.05, 4.69) is 4.98 Å². The van der Waals surface area contributed by atoms with Crippen molar-refractivity contribution in [2.24, 2.45) is 5.73 Å². The molecule has 3 N–H and O–H groups in total. The molecule has 0 bridgehead atoms. The number of nitrogens with two attached hydrogens (primary N) is 1. The molecule has 0 amide bonds. The Morgan fingerprint density at radius 3 is 2.60 bits per heavy atom. The first-order valence-corrected chi connectivity index (χ1v) is 3.88. The van der Waals surface area contributed by atoms with Crippen LogP contribution < -0.4 is 5.73 Å². The summed E-state index contributed by atoms with van der Waals surface area (Å²) in [6.07, 6.45) is -3.06. The number of hydrogen-bond donors (Lipinski definition) is 2. The van der Waals surface area contributed by atoms with Gasteiger partial charge in [-0.05, 0) is 0 Å². The number of aromatic carboxylic acids is 1. The Balaban J connectivity index is 3.45. The maximum Gasteiger partial charge on any atom is 0.336 e. The molecular weight excluding hydrogens is 213 g/mol. The maximum atomic E-state index is 12.7. The number of carboxylic acid groups (broad SMARTS) is 1. The monoisotopic (exact) mass is 220 g/mol. The van der Waals surface area contributed by atoms with Crippen LogP contribution in [0.3, 0.4) is 0 Å². The maximum absolute atomic E-state index is 12.7. The molecule has 0 saturated carbocycles. The van der Waals surface area contributed by atoms with Gasteiger partial charge in [-0.1, -0.05) is 0 Å². The third-order valence-corrected chi connectivity index (χ3v) is 1.77. The number of nitrogens with zero attached hydrogens (tertiary/aromatic N) is 1. The topological polar surface area (TPSA) is 76.2 Å². The van der Waals surface area contributed by atoms with E-state index in [-0.39, 0.29) is 5.56 Å². The summed E-state index contributed by atoms with van der Waals surface area (Å²) in [5.41, 5.74) is 3.27. The molecule has 1 heterocycles. The first kappa shape index (κ1) is 11.4. The molecule has 0 aromatic carbocycles. The van der Waals surface area contributed by atoms with Crippen LogP contribution in [0, 0.1) is 5.95 Å². The lowest BCUT2D eigenvalue weighted by atomic mass is 10.1. The highest BCUT2D eigenvalue weighted by Gasteiger charge is 2.22. The van der Waals surface area contributed by atoms with Crippen molar-refractivity contribution in [3.8, 4) is 0 Å². The highest BCUT2D eigenvalue weighted by Crippen LogP contribution is 2.23. The molecule has 0 aliphatic heterocycles. The van der Waals surface area contributed by atoms with Crippen molar-refractivity contribution in [1.29, 1.82) is 0 Å². The van der Waals surface area contributed by atoms with Crippen LogP contribution in [0.1, 0.15) is 28.0 Å². The molecule has 4 nitrogen and oxygen atoms in total. The summed E-state index contributed by atoms with van der Waals surface area (Å²) in [6.45, 7) is -0.436. The minimum atomic E-state index is -3.06. The van der Waals surface area contributed by atoms with Gasteiger partial charge in [0.25, 0.3) is 6.43 Å². The molecule has 7 heteroatoms. The van der Waals surface area contributed by atoms with Crippen molar-refractivity contribution >= 4 is 5.97 Å². The summed E-state index contributed by atoms with van der Waals surface area (Å²) in [5, 5.41) is 8.63. The highest BCUT2D eigenvalue weighted by molar-refractivity contribution is 5.89. The Labute approximate surface area is 82.5 Å². The molecular formula is C8H7F3N2O2. The molecule has 0 spiro atoms. The summed E-state index contributed by atoms with van der Waals surface area (Å²) in [5.74, 6) is -2.78. The smallest absolute Gasteiger partial charge is 0.336 e.